The summed E-state index contributed by atoms with van der Waals surface area (Å²) in [6.07, 6.45) is 5.20. The first-order valence-corrected chi connectivity index (χ1v) is 15.2. The SMILES string of the molecule is C=Cc1cccc(C(C(=O)Nc2c(C)cccc2C)N(CCCCCC)C(=O)C(CC(C)C)NC(=O)OC(C)(C)C)c1. The van der Waals surface area contributed by atoms with Gasteiger partial charge in [0.05, 0.1) is 0 Å². The first-order valence-electron chi connectivity index (χ1n) is 15.2. The van der Waals surface area contributed by atoms with Crippen LogP contribution in [0, 0.1) is 19.8 Å². The van der Waals surface area contributed by atoms with Crippen molar-refractivity contribution in [2.75, 3.05) is 11.9 Å². The maximum absolute atomic E-state index is 14.5. The van der Waals surface area contributed by atoms with E-state index in [0.717, 1.165) is 48.1 Å². The summed E-state index contributed by atoms with van der Waals surface area (Å²) in [6, 6.07) is 11.6. The van der Waals surface area contributed by atoms with Crippen LogP contribution in [0.1, 0.15) is 102 Å². The van der Waals surface area contributed by atoms with Crippen molar-refractivity contribution in [1.82, 2.24) is 10.2 Å². The van der Waals surface area contributed by atoms with Gasteiger partial charge in [-0.2, -0.15) is 0 Å². The Morgan fingerprint density at radius 1 is 1.00 bits per heavy atom. The molecule has 0 heterocycles. The van der Waals surface area contributed by atoms with Gasteiger partial charge in [-0.3, -0.25) is 9.59 Å². The molecule has 3 amide bonds. The summed E-state index contributed by atoms with van der Waals surface area (Å²) >= 11 is 0. The average Bonchev–Trinajstić information content (AvgIpc) is 2.90. The Morgan fingerprint density at radius 2 is 1.64 bits per heavy atom. The van der Waals surface area contributed by atoms with Crippen LogP contribution < -0.4 is 10.6 Å². The summed E-state index contributed by atoms with van der Waals surface area (Å²) in [7, 11) is 0. The van der Waals surface area contributed by atoms with Crippen molar-refractivity contribution in [2.45, 2.75) is 105 Å². The second-order valence-electron chi connectivity index (χ2n) is 12.5. The molecule has 0 aliphatic carbocycles. The van der Waals surface area contributed by atoms with E-state index >= 15 is 0 Å². The van der Waals surface area contributed by atoms with Crippen molar-refractivity contribution in [1.29, 1.82) is 0 Å². The number of alkyl carbamates (subject to hydrolysis) is 1. The number of hydrogen-bond donors (Lipinski definition) is 2. The van der Waals surface area contributed by atoms with Crippen molar-refractivity contribution in [3.63, 3.8) is 0 Å². The number of ether oxygens (including phenoxy) is 1. The van der Waals surface area contributed by atoms with Crippen molar-refractivity contribution in [3.05, 3.63) is 71.3 Å². The molecule has 2 aromatic rings. The molecule has 0 spiro atoms. The Bertz CT molecular complexity index is 1190. The van der Waals surface area contributed by atoms with Crippen LogP contribution in [0.4, 0.5) is 10.5 Å². The van der Waals surface area contributed by atoms with E-state index in [1.807, 2.05) is 70.2 Å². The van der Waals surface area contributed by atoms with E-state index in [4.69, 9.17) is 4.74 Å². The molecule has 2 N–H and O–H groups in total. The minimum Gasteiger partial charge on any atom is -0.444 e. The van der Waals surface area contributed by atoms with E-state index < -0.39 is 23.8 Å². The van der Waals surface area contributed by atoms with Crippen molar-refractivity contribution in [3.8, 4) is 0 Å². The second kappa shape index (κ2) is 16.1. The highest BCUT2D eigenvalue weighted by molar-refractivity contribution is 6.00. The molecule has 0 saturated heterocycles. The van der Waals surface area contributed by atoms with Crippen LogP contribution in [-0.4, -0.2) is 41.0 Å². The van der Waals surface area contributed by atoms with Gasteiger partial charge in [-0.25, -0.2) is 4.79 Å². The van der Waals surface area contributed by atoms with E-state index in [9.17, 15) is 14.4 Å². The zero-order valence-corrected chi connectivity index (χ0v) is 26.9. The van der Waals surface area contributed by atoms with E-state index in [1.165, 1.54) is 0 Å². The molecule has 2 atom stereocenters. The fourth-order valence-corrected chi connectivity index (χ4v) is 4.95. The monoisotopic (exact) mass is 577 g/mol. The minimum atomic E-state index is -0.923. The third-order valence-corrected chi connectivity index (χ3v) is 6.98. The van der Waals surface area contributed by atoms with E-state index in [2.05, 4.69) is 24.1 Å². The highest BCUT2D eigenvalue weighted by Gasteiger charge is 2.36. The molecule has 0 aliphatic heterocycles. The van der Waals surface area contributed by atoms with Crippen molar-refractivity contribution >= 4 is 29.7 Å². The van der Waals surface area contributed by atoms with Gasteiger partial charge in [-0.1, -0.05) is 89.1 Å². The number of anilines is 1. The standard InChI is InChI=1S/C35H51N3O4/c1-10-12-13-14-21-38(33(40)29(22-24(3)4)36-34(41)42-35(7,8)9)31(28-20-16-19-27(11-2)23-28)32(39)37-30-25(5)17-15-18-26(30)6/h11,15-20,23-24,29,31H,2,10,12-14,21-22H2,1,3-9H3,(H,36,41)(H,37,39). The number of carbonyl (C=O) groups is 3. The van der Waals surface area contributed by atoms with Gasteiger partial charge in [0.1, 0.15) is 17.7 Å². The van der Waals surface area contributed by atoms with Crippen LogP contribution in [0.3, 0.4) is 0 Å². The highest BCUT2D eigenvalue weighted by Crippen LogP contribution is 2.29. The van der Waals surface area contributed by atoms with Crippen LogP contribution in [0.15, 0.2) is 49.0 Å². The van der Waals surface area contributed by atoms with Gasteiger partial charge < -0.3 is 20.3 Å². The molecule has 0 bridgehead atoms. The molecule has 7 heteroatoms. The van der Waals surface area contributed by atoms with Crippen LogP contribution >= 0.6 is 0 Å². The molecule has 0 fully saturated rings. The summed E-state index contributed by atoms with van der Waals surface area (Å²) in [6.45, 7) is 19.7. The van der Waals surface area contributed by atoms with Gasteiger partial charge in [0.2, 0.25) is 5.91 Å². The molecular weight excluding hydrogens is 526 g/mol. The van der Waals surface area contributed by atoms with Gasteiger partial charge in [-0.05, 0) is 81.7 Å². The van der Waals surface area contributed by atoms with E-state index in [1.54, 1.807) is 31.7 Å². The topological polar surface area (TPSA) is 87.7 Å². The predicted molar refractivity (Wildman–Crippen MR) is 172 cm³/mol. The Morgan fingerprint density at radius 3 is 2.21 bits per heavy atom. The van der Waals surface area contributed by atoms with Crippen LogP contribution in [-0.2, 0) is 14.3 Å². The molecule has 42 heavy (non-hydrogen) atoms. The number of unbranched alkanes of at least 4 members (excludes halogenated alkanes) is 3. The lowest BCUT2D eigenvalue weighted by atomic mass is 9.97. The number of carbonyl (C=O) groups excluding carboxylic acids is 3. The lowest BCUT2D eigenvalue weighted by molar-refractivity contribution is -0.141. The number of amides is 3. The normalized spacial score (nSPS) is 12.8. The van der Waals surface area contributed by atoms with Crippen molar-refractivity contribution < 1.29 is 19.1 Å². The molecule has 0 aromatic heterocycles. The first kappa shape index (κ1) is 34.6. The van der Waals surface area contributed by atoms with Gasteiger partial charge in [0.15, 0.2) is 0 Å². The minimum absolute atomic E-state index is 0.113. The Balaban J connectivity index is 2.62. The fourth-order valence-electron chi connectivity index (χ4n) is 4.95. The Hall–Kier alpha value is -3.61. The molecule has 0 radical (unpaired) electrons. The Labute approximate surface area is 253 Å². The van der Waals surface area contributed by atoms with Gasteiger partial charge in [0.25, 0.3) is 5.91 Å². The lowest BCUT2D eigenvalue weighted by Crippen LogP contribution is -2.53. The van der Waals surface area contributed by atoms with Crippen LogP contribution in [0.5, 0.6) is 0 Å². The highest BCUT2D eigenvalue weighted by atomic mass is 16.6. The second-order valence-corrected chi connectivity index (χ2v) is 12.5. The predicted octanol–water partition coefficient (Wildman–Crippen LogP) is 7.97. The van der Waals surface area contributed by atoms with Gasteiger partial charge in [-0.15, -0.1) is 0 Å². The molecule has 0 aliphatic rings. The smallest absolute Gasteiger partial charge is 0.408 e. The Kier molecular flexibility index (Phi) is 13.3. The largest absolute Gasteiger partial charge is 0.444 e. The number of benzene rings is 2. The van der Waals surface area contributed by atoms with Crippen molar-refractivity contribution in [2.24, 2.45) is 5.92 Å². The lowest BCUT2D eigenvalue weighted by Gasteiger charge is -2.35. The molecule has 2 aromatic carbocycles. The van der Waals surface area contributed by atoms with Crippen LogP contribution in [0.2, 0.25) is 0 Å². The quantitative estimate of drug-likeness (QED) is 0.223. The number of hydrogen-bond acceptors (Lipinski definition) is 4. The molecule has 0 saturated carbocycles. The summed E-state index contributed by atoms with van der Waals surface area (Å²) in [5.41, 5.74) is 3.42. The number of para-hydroxylation sites is 1. The first-order chi connectivity index (χ1) is 19.8. The average molecular weight is 578 g/mol. The molecule has 230 valence electrons. The van der Waals surface area contributed by atoms with Crippen LogP contribution in [0.25, 0.3) is 6.08 Å². The molecular formula is C35H51N3O4. The number of aryl methyl sites for hydroxylation is 2. The summed E-state index contributed by atoms with van der Waals surface area (Å²) in [5.74, 6) is -0.503. The summed E-state index contributed by atoms with van der Waals surface area (Å²) in [5, 5.41) is 5.95. The number of nitrogens with one attached hydrogen (secondary N) is 2. The fraction of sp³-hybridized carbons (Fsp3) is 0.514. The summed E-state index contributed by atoms with van der Waals surface area (Å²) < 4.78 is 5.51. The molecule has 2 rings (SSSR count). The van der Waals surface area contributed by atoms with E-state index in [0.29, 0.717) is 18.5 Å². The van der Waals surface area contributed by atoms with Gasteiger partial charge in [0, 0.05) is 12.2 Å². The van der Waals surface area contributed by atoms with Gasteiger partial charge >= 0.3 is 6.09 Å². The molecule has 2 unspecified atom stereocenters. The third kappa shape index (κ3) is 10.7. The third-order valence-electron chi connectivity index (χ3n) is 6.98. The maximum Gasteiger partial charge on any atom is 0.408 e. The molecule has 7 nitrogen and oxygen atoms in total. The maximum atomic E-state index is 14.5. The van der Waals surface area contributed by atoms with E-state index in [-0.39, 0.29) is 17.7 Å². The number of rotatable bonds is 14. The summed E-state index contributed by atoms with van der Waals surface area (Å²) in [4.78, 5) is 43.2. The zero-order chi connectivity index (χ0) is 31.4. The number of nitrogens with zero attached hydrogens (tertiary/aromatic N) is 1. The zero-order valence-electron chi connectivity index (χ0n) is 26.9.